The normalized spacial score (nSPS) is 12.8. The number of nitrogens with zero attached hydrogens (tertiary/aromatic N) is 1. The highest BCUT2D eigenvalue weighted by atomic mass is 16.3. The van der Waals surface area contributed by atoms with Gasteiger partial charge in [-0.3, -0.25) is 0 Å². The molecule has 2 heteroatoms. The predicted molar refractivity (Wildman–Crippen MR) is 291 cm³/mol. The summed E-state index contributed by atoms with van der Waals surface area (Å²) in [6.45, 7) is 4.00. The van der Waals surface area contributed by atoms with Gasteiger partial charge in [-0.15, -0.1) is 0 Å². The molecule has 0 aliphatic heterocycles. The van der Waals surface area contributed by atoms with Crippen LogP contribution in [0.2, 0.25) is 0 Å². The average Bonchev–Trinajstić information content (AvgIpc) is 4.05. The zero-order valence-corrected chi connectivity index (χ0v) is 38.5. The van der Waals surface area contributed by atoms with Gasteiger partial charge in [-0.05, 0) is 145 Å². The minimum absolute atomic E-state index is 0.443. The van der Waals surface area contributed by atoms with E-state index >= 15 is 0 Å². The molecule has 11 aromatic carbocycles. The number of hydrogen-bond donors (Lipinski definition) is 0. The molecule has 2 nitrogen and oxygen atoms in total. The third kappa shape index (κ3) is 6.26. The lowest BCUT2D eigenvalue weighted by Crippen LogP contribution is -2.26. The largest absolute Gasteiger partial charge is 0.455 e. The number of fused-ring (bicyclic) bond motifs is 16. The molecule has 0 unspecified atom stereocenters. The van der Waals surface area contributed by atoms with E-state index in [1.165, 1.54) is 77.2 Å². The number of allylic oxidation sites excluding steroid dienone is 2. The van der Waals surface area contributed by atoms with Gasteiger partial charge in [0.2, 0.25) is 0 Å². The Morgan fingerprint density at radius 2 is 0.826 bits per heavy atom. The maximum Gasteiger partial charge on any atom is 0.143 e. The number of anilines is 3. The van der Waals surface area contributed by atoms with Gasteiger partial charge in [-0.1, -0.05) is 200 Å². The van der Waals surface area contributed by atoms with Crippen molar-refractivity contribution in [1.29, 1.82) is 0 Å². The maximum absolute atomic E-state index is 6.50. The Balaban J connectivity index is 0.00000113. The van der Waals surface area contributed by atoms with Crippen molar-refractivity contribution in [3.05, 3.63) is 271 Å². The molecule has 2 aliphatic carbocycles. The van der Waals surface area contributed by atoms with Crippen molar-refractivity contribution in [3.8, 4) is 44.5 Å². The van der Waals surface area contributed by atoms with Crippen LogP contribution in [0.5, 0.6) is 0 Å². The van der Waals surface area contributed by atoms with Crippen LogP contribution in [0.3, 0.4) is 0 Å². The monoisotopic (exact) mass is 881 g/mol. The topological polar surface area (TPSA) is 16.4 Å². The van der Waals surface area contributed by atoms with Gasteiger partial charge >= 0.3 is 0 Å². The average molecular weight is 882 g/mol. The fraction of sp³-hybridized carbons (Fsp3) is 0.0448. The summed E-state index contributed by atoms with van der Waals surface area (Å²) in [6, 6.07) is 87.1. The molecule has 0 radical (unpaired) electrons. The number of furan rings is 1. The van der Waals surface area contributed by atoms with E-state index in [2.05, 4.69) is 235 Å². The predicted octanol–water partition coefficient (Wildman–Crippen LogP) is 18.6. The molecular formula is C67H47NO. The highest BCUT2D eigenvalue weighted by molar-refractivity contribution is 6.10. The molecule has 0 saturated heterocycles. The van der Waals surface area contributed by atoms with E-state index in [1.54, 1.807) is 0 Å². The van der Waals surface area contributed by atoms with Crippen LogP contribution in [0.1, 0.15) is 36.1 Å². The SMILES string of the molecule is C/C=C\C.c1ccc2c(c1)-c1ccccc1C21c2ccccc2-c2ccc(N(c3ccc(-c4ccc5c(ccc6ccccc65)c4)cc3)c3ccc(-c4cccc5c4oc4ccccc45)cc3)cc21. The van der Waals surface area contributed by atoms with Gasteiger partial charge in [-0.2, -0.15) is 0 Å². The summed E-state index contributed by atoms with van der Waals surface area (Å²) in [6.07, 6.45) is 4.00. The van der Waals surface area contributed by atoms with Crippen LogP contribution in [-0.4, -0.2) is 0 Å². The van der Waals surface area contributed by atoms with Crippen LogP contribution in [0.15, 0.2) is 253 Å². The van der Waals surface area contributed by atoms with Crippen molar-refractivity contribution in [3.63, 3.8) is 0 Å². The minimum atomic E-state index is -0.443. The lowest BCUT2D eigenvalue weighted by molar-refractivity contribution is 0.670. The first-order chi connectivity index (χ1) is 34.1. The van der Waals surface area contributed by atoms with Crippen LogP contribution < -0.4 is 4.90 Å². The summed E-state index contributed by atoms with van der Waals surface area (Å²) in [4.78, 5) is 2.42. The Morgan fingerprint density at radius 3 is 1.49 bits per heavy atom. The lowest BCUT2D eigenvalue weighted by atomic mass is 9.70. The molecule has 1 spiro atoms. The molecule has 0 fully saturated rings. The van der Waals surface area contributed by atoms with E-state index in [9.17, 15) is 0 Å². The Bertz CT molecular complexity index is 3920. The molecule has 69 heavy (non-hydrogen) atoms. The zero-order chi connectivity index (χ0) is 46.1. The van der Waals surface area contributed by atoms with Gasteiger partial charge in [-0.25, -0.2) is 0 Å². The minimum Gasteiger partial charge on any atom is -0.455 e. The molecule has 1 heterocycles. The Labute approximate surface area is 402 Å². The molecular weight excluding hydrogens is 835 g/mol. The molecule has 0 N–H and O–H groups in total. The second kappa shape index (κ2) is 16.3. The molecule has 0 amide bonds. The zero-order valence-electron chi connectivity index (χ0n) is 38.5. The van der Waals surface area contributed by atoms with Crippen molar-refractivity contribution in [2.45, 2.75) is 19.3 Å². The van der Waals surface area contributed by atoms with E-state index < -0.39 is 5.41 Å². The van der Waals surface area contributed by atoms with Crippen LogP contribution >= 0.6 is 0 Å². The summed E-state index contributed by atoms with van der Waals surface area (Å²) in [5, 5.41) is 7.34. The van der Waals surface area contributed by atoms with Crippen molar-refractivity contribution in [1.82, 2.24) is 0 Å². The highest BCUT2D eigenvalue weighted by Crippen LogP contribution is 2.63. The summed E-state index contributed by atoms with van der Waals surface area (Å²) in [5.41, 5.74) is 19.7. The van der Waals surface area contributed by atoms with Crippen LogP contribution in [0, 0.1) is 0 Å². The van der Waals surface area contributed by atoms with Gasteiger partial charge in [0.05, 0.1) is 5.41 Å². The van der Waals surface area contributed by atoms with Crippen molar-refractivity contribution in [2.24, 2.45) is 0 Å². The number of rotatable bonds is 5. The first-order valence-electron chi connectivity index (χ1n) is 24.0. The summed E-state index contributed by atoms with van der Waals surface area (Å²) in [7, 11) is 0. The van der Waals surface area contributed by atoms with Gasteiger partial charge in [0, 0.05) is 33.4 Å². The van der Waals surface area contributed by atoms with E-state index in [0.717, 1.165) is 50.1 Å². The van der Waals surface area contributed by atoms with E-state index in [4.69, 9.17) is 4.42 Å². The molecule has 0 saturated carbocycles. The molecule has 0 bridgehead atoms. The third-order valence-corrected chi connectivity index (χ3v) is 14.6. The smallest absolute Gasteiger partial charge is 0.143 e. The van der Waals surface area contributed by atoms with Crippen molar-refractivity contribution < 1.29 is 4.42 Å². The second-order valence-electron chi connectivity index (χ2n) is 18.2. The molecule has 2 aliphatic rings. The first kappa shape index (κ1) is 40.5. The number of para-hydroxylation sites is 2. The molecule has 326 valence electrons. The summed E-state index contributed by atoms with van der Waals surface area (Å²) < 4.78 is 6.50. The fourth-order valence-electron chi connectivity index (χ4n) is 11.4. The van der Waals surface area contributed by atoms with Gasteiger partial charge < -0.3 is 9.32 Å². The van der Waals surface area contributed by atoms with Crippen LogP contribution in [-0.2, 0) is 5.41 Å². The Kier molecular flexibility index (Phi) is 9.55. The fourth-order valence-corrected chi connectivity index (χ4v) is 11.4. The van der Waals surface area contributed by atoms with E-state index in [-0.39, 0.29) is 0 Å². The van der Waals surface area contributed by atoms with Crippen molar-refractivity contribution in [2.75, 3.05) is 4.90 Å². The summed E-state index contributed by atoms with van der Waals surface area (Å²) in [5.74, 6) is 0. The Hall–Kier alpha value is -8.72. The third-order valence-electron chi connectivity index (χ3n) is 14.6. The van der Waals surface area contributed by atoms with E-state index in [0.29, 0.717) is 0 Å². The molecule has 14 rings (SSSR count). The Morgan fingerprint density at radius 1 is 0.333 bits per heavy atom. The second-order valence-corrected chi connectivity index (χ2v) is 18.2. The standard InChI is InChI=1S/C63H39NO.C4H8/c1-2-13-48-41(12-1)24-25-44-38-43(30-36-49(44)48)40-26-31-45(32-27-40)64(46-33-28-42(29-34-46)50-18-11-19-56-55-17-6-10-23-61(55)65-62(50)56)47-35-37-54-53-16-5-9-22-59(53)63(60(54)39-47)57-20-7-3-14-51(57)52-15-4-8-21-58(52)63;1-3-4-2/h1-39H;3-4H,1-2H3/b;4-3-. The molecule has 0 atom stereocenters. The number of benzene rings is 11. The maximum atomic E-state index is 6.50. The van der Waals surface area contributed by atoms with Crippen LogP contribution in [0.4, 0.5) is 17.1 Å². The molecule has 12 aromatic rings. The lowest BCUT2D eigenvalue weighted by Gasteiger charge is -2.32. The first-order valence-corrected chi connectivity index (χ1v) is 24.0. The highest BCUT2D eigenvalue weighted by Gasteiger charge is 2.51. The van der Waals surface area contributed by atoms with Gasteiger partial charge in [0.25, 0.3) is 0 Å². The van der Waals surface area contributed by atoms with Crippen LogP contribution in [0.25, 0.3) is 88.0 Å². The molecule has 1 aromatic heterocycles. The number of hydrogen-bond acceptors (Lipinski definition) is 2. The van der Waals surface area contributed by atoms with Crippen molar-refractivity contribution >= 4 is 60.5 Å². The summed E-state index contributed by atoms with van der Waals surface area (Å²) >= 11 is 0. The quantitative estimate of drug-likeness (QED) is 0.126. The van der Waals surface area contributed by atoms with E-state index in [1.807, 2.05) is 32.1 Å². The van der Waals surface area contributed by atoms with Gasteiger partial charge in [0.1, 0.15) is 11.2 Å². The van der Waals surface area contributed by atoms with Gasteiger partial charge in [0.15, 0.2) is 0 Å².